The van der Waals surface area contributed by atoms with Gasteiger partial charge in [0.2, 0.25) is 0 Å². The van der Waals surface area contributed by atoms with Gasteiger partial charge in [0, 0.05) is 44.8 Å². The third-order valence-electron chi connectivity index (χ3n) is 10.1. The largest absolute Gasteiger partial charge is 0.252 e. The molecule has 0 amide bonds. The minimum atomic E-state index is 0.529. The van der Waals surface area contributed by atoms with Crippen LogP contribution in [0.15, 0.2) is 84.9 Å². The number of benzene rings is 4. The van der Waals surface area contributed by atoms with Crippen molar-refractivity contribution in [1.29, 1.82) is 0 Å². The van der Waals surface area contributed by atoms with E-state index in [4.69, 9.17) is 9.97 Å². The summed E-state index contributed by atoms with van der Waals surface area (Å²) in [5.74, 6) is 3.74. The quantitative estimate of drug-likeness (QED) is 0.222. The SMILES string of the molecule is c1ccc2c(c1)ccc1cc3c(nc12)C1C2c4nc5c(ccc6ccccc65)cc4C4C3[C@@H]1C[C@@H]42. The van der Waals surface area contributed by atoms with Crippen LogP contribution < -0.4 is 0 Å². The van der Waals surface area contributed by atoms with E-state index >= 15 is 0 Å². The maximum atomic E-state index is 5.48. The number of hydrogen-bond donors (Lipinski definition) is 0. The monoisotopic (exact) mass is 446 g/mol. The zero-order chi connectivity index (χ0) is 22.4. The van der Waals surface area contributed by atoms with E-state index in [1.54, 1.807) is 11.1 Å². The van der Waals surface area contributed by atoms with Crippen LogP contribution >= 0.6 is 0 Å². The van der Waals surface area contributed by atoms with E-state index < -0.39 is 0 Å². The van der Waals surface area contributed by atoms with Crippen LogP contribution in [0.1, 0.15) is 52.6 Å². The van der Waals surface area contributed by atoms with Crippen LogP contribution in [-0.4, -0.2) is 9.97 Å². The van der Waals surface area contributed by atoms with Crippen LogP contribution in [0.4, 0.5) is 0 Å². The standard InChI is InChI=1S/C33H22N2/c1-3-7-20-16(5-1)9-11-18-13-24-26-22-15-23-27(26)25-14-19-12-10-17-6-2-4-8-21(17)31(19)35-33(25)29(23)28(22)32(24)34-30(18)20/h1-14,22-23,26-29H,15H2/t22-,23-,26?,27?,28?,29?/m0/s1. The van der Waals surface area contributed by atoms with Gasteiger partial charge in [0.1, 0.15) is 0 Å². The Morgan fingerprint density at radius 2 is 0.943 bits per heavy atom. The molecule has 0 radical (unpaired) electrons. The average Bonchev–Trinajstić information content (AvgIpc) is 3.58. The summed E-state index contributed by atoms with van der Waals surface area (Å²) < 4.78 is 0. The number of pyridine rings is 2. The molecule has 2 heterocycles. The zero-order valence-electron chi connectivity index (χ0n) is 19.1. The lowest BCUT2D eigenvalue weighted by Gasteiger charge is -2.26. The molecule has 4 aliphatic carbocycles. The molecule has 164 valence electrons. The lowest BCUT2D eigenvalue weighted by molar-refractivity contribution is 0.350. The lowest BCUT2D eigenvalue weighted by Crippen LogP contribution is -2.17. The molecule has 0 aliphatic heterocycles. The minimum Gasteiger partial charge on any atom is -0.252 e. The van der Waals surface area contributed by atoms with Crippen molar-refractivity contribution >= 4 is 43.4 Å². The van der Waals surface area contributed by atoms with Crippen molar-refractivity contribution in [3.05, 3.63) is 107 Å². The highest BCUT2D eigenvalue weighted by Crippen LogP contribution is 2.78. The van der Waals surface area contributed by atoms with E-state index in [9.17, 15) is 0 Å². The van der Waals surface area contributed by atoms with E-state index in [0.29, 0.717) is 23.7 Å². The second-order valence-corrected chi connectivity index (χ2v) is 11.3. The molecule has 6 atom stereocenters. The molecular formula is C33H22N2. The van der Waals surface area contributed by atoms with Crippen LogP contribution in [0.2, 0.25) is 0 Å². The Hall–Kier alpha value is -3.78. The predicted molar refractivity (Wildman–Crippen MR) is 141 cm³/mol. The first-order chi connectivity index (χ1) is 17.3. The Morgan fingerprint density at radius 3 is 1.46 bits per heavy atom. The van der Waals surface area contributed by atoms with Gasteiger partial charge < -0.3 is 0 Å². The summed E-state index contributed by atoms with van der Waals surface area (Å²) in [6, 6.07) is 31.5. The minimum absolute atomic E-state index is 0.529. The molecular weight excluding hydrogens is 424 g/mol. The molecule has 0 N–H and O–H groups in total. The van der Waals surface area contributed by atoms with Crippen molar-refractivity contribution in [2.45, 2.75) is 30.1 Å². The summed E-state index contributed by atoms with van der Waals surface area (Å²) in [5, 5.41) is 7.72. The number of hydrogen-bond acceptors (Lipinski definition) is 2. The zero-order valence-corrected chi connectivity index (χ0v) is 19.1. The van der Waals surface area contributed by atoms with E-state index in [1.807, 2.05) is 0 Å². The molecule has 4 aliphatic rings. The normalized spacial score (nSPS) is 29.0. The van der Waals surface area contributed by atoms with E-state index in [0.717, 1.165) is 11.8 Å². The molecule has 2 nitrogen and oxygen atoms in total. The van der Waals surface area contributed by atoms with Gasteiger partial charge in [-0.05, 0) is 64.1 Å². The molecule has 2 heteroatoms. The van der Waals surface area contributed by atoms with Crippen LogP contribution in [0.25, 0.3) is 43.4 Å². The van der Waals surface area contributed by atoms with E-state index in [2.05, 4.69) is 84.9 Å². The smallest absolute Gasteiger partial charge is 0.0783 e. The van der Waals surface area contributed by atoms with Gasteiger partial charge in [0.25, 0.3) is 0 Å². The van der Waals surface area contributed by atoms with Crippen LogP contribution in [0.5, 0.6) is 0 Å². The Morgan fingerprint density at radius 1 is 0.486 bits per heavy atom. The summed E-state index contributed by atoms with van der Waals surface area (Å²) in [6.45, 7) is 0. The lowest BCUT2D eigenvalue weighted by atomic mass is 9.76. The van der Waals surface area contributed by atoms with Gasteiger partial charge in [-0.25, -0.2) is 0 Å². The summed E-state index contributed by atoms with van der Waals surface area (Å²) in [7, 11) is 0. The van der Waals surface area contributed by atoms with Gasteiger partial charge in [0.15, 0.2) is 0 Å². The van der Waals surface area contributed by atoms with Crippen LogP contribution in [-0.2, 0) is 0 Å². The number of fused-ring (bicyclic) bond motifs is 14. The van der Waals surface area contributed by atoms with Crippen molar-refractivity contribution in [3.63, 3.8) is 0 Å². The average molecular weight is 447 g/mol. The van der Waals surface area contributed by atoms with Gasteiger partial charge in [0.05, 0.1) is 11.0 Å². The second-order valence-electron chi connectivity index (χ2n) is 11.3. The third kappa shape index (κ3) is 1.91. The van der Waals surface area contributed by atoms with Gasteiger partial charge in [-0.3, -0.25) is 9.97 Å². The highest BCUT2D eigenvalue weighted by molar-refractivity contribution is 6.06. The Labute approximate surface area is 202 Å². The first kappa shape index (κ1) is 17.6. The maximum absolute atomic E-state index is 5.48. The molecule has 4 unspecified atom stereocenters. The van der Waals surface area contributed by atoms with Gasteiger partial charge >= 0.3 is 0 Å². The molecule has 35 heavy (non-hydrogen) atoms. The predicted octanol–water partition coefficient (Wildman–Crippen LogP) is 7.80. The van der Waals surface area contributed by atoms with Crippen molar-refractivity contribution in [2.75, 3.05) is 0 Å². The third-order valence-corrected chi connectivity index (χ3v) is 10.1. The van der Waals surface area contributed by atoms with Crippen molar-refractivity contribution in [1.82, 2.24) is 9.97 Å². The van der Waals surface area contributed by atoms with E-state index in [1.165, 1.54) is 61.2 Å². The first-order valence-electron chi connectivity index (χ1n) is 13.0. The maximum Gasteiger partial charge on any atom is 0.0783 e. The summed E-state index contributed by atoms with van der Waals surface area (Å²) in [4.78, 5) is 11.0. The Kier molecular flexibility index (Phi) is 2.88. The summed E-state index contributed by atoms with van der Waals surface area (Å²) in [5.41, 5.74) is 8.23. The highest BCUT2D eigenvalue weighted by Gasteiger charge is 2.68. The van der Waals surface area contributed by atoms with Crippen molar-refractivity contribution in [3.8, 4) is 0 Å². The fourth-order valence-electron chi connectivity index (χ4n) is 8.95. The number of rotatable bonds is 0. The molecule has 10 rings (SSSR count). The molecule has 0 saturated heterocycles. The topological polar surface area (TPSA) is 25.8 Å². The first-order valence-corrected chi connectivity index (χ1v) is 13.0. The fourth-order valence-corrected chi connectivity index (χ4v) is 8.95. The van der Waals surface area contributed by atoms with Crippen molar-refractivity contribution in [2.24, 2.45) is 11.8 Å². The molecule has 0 spiro atoms. The molecule has 4 aromatic carbocycles. The van der Waals surface area contributed by atoms with Gasteiger partial charge in [-0.15, -0.1) is 0 Å². The number of nitrogens with zero attached hydrogens (tertiary/aromatic N) is 2. The Bertz CT molecular complexity index is 1790. The second kappa shape index (κ2) is 5.71. The van der Waals surface area contributed by atoms with Gasteiger partial charge in [-0.1, -0.05) is 72.8 Å². The van der Waals surface area contributed by atoms with Crippen LogP contribution in [0, 0.1) is 11.8 Å². The summed E-state index contributed by atoms with van der Waals surface area (Å²) in [6.07, 6.45) is 1.34. The highest BCUT2D eigenvalue weighted by atomic mass is 14.9. The Balaban J connectivity index is 1.25. The molecule has 2 saturated carbocycles. The molecule has 2 aromatic heterocycles. The molecule has 2 bridgehead atoms. The van der Waals surface area contributed by atoms with Crippen molar-refractivity contribution < 1.29 is 0 Å². The van der Waals surface area contributed by atoms with Gasteiger partial charge in [-0.2, -0.15) is 0 Å². The molecule has 6 aromatic rings. The van der Waals surface area contributed by atoms with Crippen LogP contribution in [0.3, 0.4) is 0 Å². The van der Waals surface area contributed by atoms with E-state index in [-0.39, 0.29) is 0 Å². The summed E-state index contributed by atoms with van der Waals surface area (Å²) >= 11 is 0. The number of aromatic nitrogens is 2. The molecule has 2 fully saturated rings. The fraction of sp³-hybridized carbons (Fsp3) is 0.212.